The van der Waals surface area contributed by atoms with Crippen LogP contribution in [0.1, 0.15) is 19.3 Å². The first kappa shape index (κ1) is 15.3. The summed E-state index contributed by atoms with van der Waals surface area (Å²) in [5, 5.41) is 25.8. The third-order valence-corrected chi connectivity index (χ3v) is 2.13. The van der Waals surface area contributed by atoms with Gasteiger partial charge in [-0.05, 0) is 0 Å². The normalized spacial score (nSPS) is 13.1. The Morgan fingerprint density at radius 3 is 1.71 bits per heavy atom. The Hall–Kier alpha value is -1.71. The molecule has 9 heteroatoms. The molecule has 0 aliphatic heterocycles. The van der Waals surface area contributed by atoms with Crippen molar-refractivity contribution in [2.45, 2.75) is 30.9 Å². The predicted molar refractivity (Wildman–Crippen MR) is 52.7 cm³/mol. The van der Waals surface area contributed by atoms with Crippen LogP contribution in [0.5, 0.6) is 0 Å². The van der Waals surface area contributed by atoms with E-state index in [0.29, 0.717) is 0 Å². The number of rotatable bonds is 8. The van der Waals surface area contributed by atoms with Gasteiger partial charge in [0.1, 0.15) is 6.10 Å². The lowest BCUT2D eigenvalue weighted by atomic mass is 9.84. The molecule has 0 amide bonds. The maximum Gasteiger partial charge on any atom is 0.306 e. The van der Waals surface area contributed by atoms with E-state index in [1.165, 1.54) is 0 Å². The van der Waals surface area contributed by atoms with Crippen molar-refractivity contribution in [3.63, 3.8) is 0 Å². The quantitative estimate of drug-likeness (QED) is 0.316. The Morgan fingerprint density at radius 1 is 1.06 bits per heavy atom. The van der Waals surface area contributed by atoms with Gasteiger partial charge in [0.05, 0.1) is 24.8 Å². The molecule has 9 nitrogen and oxygen atoms in total. The Bertz CT molecular complexity index is 301. The first-order chi connectivity index (χ1) is 7.71. The van der Waals surface area contributed by atoms with Crippen LogP contribution in [-0.4, -0.2) is 44.9 Å². The molecule has 17 heavy (non-hydrogen) atoms. The summed E-state index contributed by atoms with van der Waals surface area (Å²) in [6.07, 6.45) is -3.64. The summed E-state index contributed by atoms with van der Waals surface area (Å²) in [4.78, 5) is 36.0. The molecule has 0 bridgehead atoms. The number of carboxylic acids is 3. The van der Waals surface area contributed by atoms with Gasteiger partial charge < -0.3 is 21.1 Å². The van der Waals surface area contributed by atoms with Gasteiger partial charge in [-0.3, -0.25) is 19.2 Å². The summed E-state index contributed by atoms with van der Waals surface area (Å²) >= 11 is 0. The van der Waals surface area contributed by atoms with Crippen LogP contribution >= 0.6 is 0 Å². The maximum absolute atomic E-state index is 10.6. The number of aliphatic carboxylic acids is 3. The first-order valence-electron chi connectivity index (χ1n) is 4.51. The van der Waals surface area contributed by atoms with Crippen LogP contribution in [0.15, 0.2) is 0 Å². The number of carbonyl (C=O) groups is 3. The van der Waals surface area contributed by atoms with Crippen molar-refractivity contribution in [3.8, 4) is 0 Å². The number of nitrogens with two attached hydrogens (primary N) is 2. The van der Waals surface area contributed by atoms with Crippen LogP contribution < -0.4 is 11.6 Å². The van der Waals surface area contributed by atoms with Crippen LogP contribution in [0.25, 0.3) is 0 Å². The molecule has 7 N–H and O–H groups in total. The van der Waals surface area contributed by atoms with Crippen LogP contribution in [0, 0.1) is 0 Å². The Balaban J connectivity index is 5.02. The summed E-state index contributed by atoms with van der Waals surface area (Å²) in [7, 11) is 0. The van der Waals surface area contributed by atoms with E-state index >= 15 is 0 Å². The molecule has 0 aliphatic carbocycles. The van der Waals surface area contributed by atoms with Crippen LogP contribution in [-0.2, 0) is 19.2 Å². The summed E-state index contributed by atoms with van der Waals surface area (Å²) in [5.41, 5.74) is 3.69. The van der Waals surface area contributed by atoms with Gasteiger partial charge in [0.25, 0.3) is 0 Å². The smallest absolute Gasteiger partial charge is 0.306 e. The van der Waals surface area contributed by atoms with Crippen molar-refractivity contribution in [1.29, 1.82) is 0 Å². The van der Waals surface area contributed by atoms with Gasteiger partial charge in [-0.1, -0.05) is 0 Å². The Kier molecular flexibility index (Phi) is 5.51. The summed E-state index contributed by atoms with van der Waals surface area (Å²) in [6.45, 7) is 0. The molecule has 0 fully saturated rings. The van der Waals surface area contributed by atoms with Crippen molar-refractivity contribution >= 4 is 17.9 Å². The number of hydrogen-bond acceptors (Lipinski definition) is 6. The predicted octanol–water partition coefficient (Wildman–Crippen LogP) is -1.63. The zero-order chi connectivity index (χ0) is 13.6. The van der Waals surface area contributed by atoms with Gasteiger partial charge >= 0.3 is 17.9 Å². The van der Waals surface area contributed by atoms with E-state index in [2.05, 4.69) is 4.84 Å². The van der Waals surface area contributed by atoms with E-state index in [4.69, 9.17) is 27.0 Å². The monoisotopic (exact) mass is 250 g/mol. The van der Waals surface area contributed by atoms with E-state index in [9.17, 15) is 14.4 Å². The van der Waals surface area contributed by atoms with Crippen LogP contribution in [0.3, 0.4) is 0 Å². The molecule has 0 radical (unpaired) electrons. The SMILES string of the molecule is NOC(CC(=O)O)C(N)(CC(=O)O)CC(=O)O. The molecule has 0 rings (SSSR count). The number of hydrogen-bond donors (Lipinski definition) is 5. The van der Waals surface area contributed by atoms with Crippen LogP contribution in [0.4, 0.5) is 0 Å². The fourth-order valence-corrected chi connectivity index (χ4v) is 1.40. The van der Waals surface area contributed by atoms with E-state index in [0.717, 1.165) is 0 Å². The van der Waals surface area contributed by atoms with E-state index < -0.39 is 48.8 Å². The lowest BCUT2D eigenvalue weighted by Gasteiger charge is -2.32. The molecule has 1 unspecified atom stereocenters. The summed E-state index contributed by atoms with van der Waals surface area (Å²) < 4.78 is 0. The fraction of sp³-hybridized carbons (Fsp3) is 0.625. The largest absolute Gasteiger partial charge is 0.481 e. The lowest BCUT2D eigenvalue weighted by molar-refractivity contribution is -0.150. The van der Waals surface area contributed by atoms with Gasteiger partial charge in [-0.25, -0.2) is 5.90 Å². The van der Waals surface area contributed by atoms with Crippen molar-refractivity contribution in [1.82, 2.24) is 0 Å². The third-order valence-electron chi connectivity index (χ3n) is 2.13. The molecule has 0 spiro atoms. The molecule has 0 aromatic rings. The van der Waals surface area contributed by atoms with E-state index in [1.54, 1.807) is 0 Å². The van der Waals surface area contributed by atoms with Gasteiger partial charge in [-0.15, -0.1) is 0 Å². The fourth-order valence-electron chi connectivity index (χ4n) is 1.40. The number of carboxylic acid groups (broad SMARTS) is 3. The topological polar surface area (TPSA) is 173 Å². The highest BCUT2D eigenvalue weighted by Gasteiger charge is 2.41. The standard InChI is InChI=1S/C8H14N2O7/c9-8(2-6(13)14,3-7(15)16)4(17-10)1-5(11)12/h4H,1-3,9-10H2,(H,11,12)(H,13,14)(H,15,16). The molecule has 1 atom stereocenters. The van der Waals surface area contributed by atoms with Crippen molar-refractivity contribution in [2.75, 3.05) is 0 Å². The third kappa shape index (κ3) is 5.24. The average Bonchev–Trinajstić information content (AvgIpc) is 2.10. The second kappa shape index (κ2) is 6.13. The summed E-state index contributed by atoms with van der Waals surface area (Å²) in [5.74, 6) is 0.754. The van der Waals surface area contributed by atoms with Gasteiger partial charge in [0, 0.05) is 0 Å². The molecule has 0 aromatic heterocycles. The molecule has 0 aromatic carbocycles. The molecular weight excluding hydrogens is 236 g/mol. The molecular formula is C8H14N2O7. The minimum atomic E-state index is -1.88. The van der Waals surface area contributed by atoms with Crippen molar-refractivity contribution in [2.24, 2.45) is 11.6 Å². The first-order valence-corrected chi connectivity index (χ1v) is 4.51. The minimum absolute atomic E-state index is 0.687. The molecule has 98 valence electrons. The highest BCUT2D eigenvalue weighted by molar-refractivity contribution is 5.74. The maximum atomic E-state index is 10.6. The second-order valence-electron chi connectivity index (χ2n) is 3.60. The van der Waals surface area contributed by atoms with Crippen molar-refractivity contribution in [3.05, 3.63) is 0 Å². The highest BCUT2D eigenvalue weighted by atomic mass is 16.6. The zero-order valence-electron chi connectivity index (χ0n) is 8.83. The van der Waals surface area contributed by atoms with E-state index in [-0.39, 0.29) is 0 Å². The average molecular weight is 250 g/mol. The van der Waals surface area contributed by atoms with E-state index in [1.807, 2.05) is 0 Å². The Labute approximate surface area is 95.9 Å². The second-order valence-corrected chi connectivity index (χ2v) is 3.60. The highest BCUT2D eigenvalue weighted by Crippen LogP contribution is 2.22. The summed E-state index contributed by atoms with van der Waals surface area (Å²) in [6, 6.07) is 0. The van der Waals surface area contributed by atoms with Gasteiger partial charge in [0.15, 0.2) is 0 Å². The molecule has 0 saturated heterocycles. The molecule has 0 heterocycles. The lowest BCUT2D eigenvalue weighted by Crippen LogP contribution is -2.56. The van der Waals surface area contributed by atoms with Crippen molar-refractivity contribution < 1.29 is 34.5 Å². The van der Waals surface area contributed by atoms with Gasteiger partial charge in [-0.2, -0.15) is 0 Å². The Morgan fingerprint density at radius 2 is 1.47 bits per heavy atom. The van der Waals surface area contributed by atoms with Gasteiger partial charge in [0.2, 0.25) is 0 Å². The van der Waals surface area contributed by atoms with Crippen LogP contribution in [0.2, 0.25) is 0 Å². The zero-order valence-corrected chi connectivity index (χ0v) is 8.83. The molecule has 0 saturated carbocycles. The molecule has 0 aliphatic rings. The minimum Gasteiger partial charge on any atom is -0.481 e.